The summed E-state index contributed by atoms with van der Waals surface area (Å²) in [6, 6.07) is 0. The van der Waals surface area contributed by atoms with Gasteiger partial charge in [-0.15, -0.1) is 0 Å². The summed E-state index contributed by atoms with van der Waals surface area (Å²) < 4.78 is 5.96. The van der Waals surface area contributed by atoms with E-state index in [0.717, 1.165) is 57.8 Å². The molecule has 4 aliphatic carbocycles. The van der Waals surface area contributed by atoms with Crippen LogP contribution in [0.1, 0.15) is 113 Å². The number of aliphatic hydroxyl groups is 3. The van der Waals surface area contributed by atoms with Gasteiger partial charge in [-0.3, -0.25) is 4.79 Å². The summed E-state index contributed by atoms with van der Waals surface area (Å²) in [7, 11) is 0. The molecule has 0 saturated heterocycles. The van der Waals surface area contributed by atoms with Gasteiger partial charge in [0.15, 0.2) is 0 Å². The van der Waals surface area contributed by atoms with E-state index in [-0.39, 0.29) is 53.1 Å². The zero-order valence-corrected chi connectivity index (χ0v) is 24.9. The van der Waals surface area contributed by atoms with Crippen LogP contribution in [-0.4, -0.2) is 45.7 Å². The molecule has 0 spiro atoms. The topological polar surface area (TPSA) is 87.0 Å². The SMILES string of the molecule is CC(C)C(CC[C@@H](C)[C@H]1CC[C@H]2[C@@H]3[C@H](O)C[C@@H]4C[C@H](O)CC[C@]4(C)[C@H]3C[C@H](O)[C@]12C)OC(=O)C(C)(C)C. The van der Waals surface area contributed by atoms with Crippen LogP contribution in [0, 0.1) is 57.7 Å². The minimum Gasteiger partial charge on any atom is -0.462 e. The van der Waals surface area contributed by atoms with E-state index >= 15 is 0 Å². The molecule has 5 heteroatoms. The van der Waals surface area contributed by atoms with Gasteiger partial charge in [-0.25, -0.2) is 0 Å². The molecule has 0 aromatic carbocycles. The largest absolute Gasteiger partial charge is 0.462 e. The summed E-state index contributed by atoms with van der Waals surface area (Å²) in [5, 5.41) is 33.6. The second-order valence-electron chi connectivity index (χ2n) is 15.5. The van der Waals surface area contributed by atoms with Crippen molar-refractivity contribution in [2.45, 2.75) is 138 Å². The lowest BCUT2D eigenvalue weighted by Crippen LogP contribution is -2.62. The Morgan fingerprint density at radius 3 is 2.24 bits per heavy atom. The summed E-state index contributed by atoms with van der Waals surface area (Å²) in [5.74, 6) is 2.24. The first-order valence-electron chi connectivity index (χ1n) is 15.4. The highest BCUT2D eigenvalue weighted by atomic mass is 16.5. The normalized spacial score (nSPS) is 45.5. The molecule has 4 aliphatic rings. The minimum atomic E-state index is -0.499. The molecule has 4 saturated carbocycles. The zero-order valence-electron chi connectivity index (χ0n) is 24.9. The highest BCUT2D eigenvalue weighted by Gasteiger charge is 2.65. The number of carbonyl (C=O) groups is 1. The average molecular weight is 521 g/mol. The maximum Gasteiger partial charge on any atom is 0.311 e. The van der Waals surface area contributed by atoms with Crippen molar-refractivity contribution in [3.63, 3.8) is 0 Å². The summed E-state index contributed by atoms with van der Waals surface area (Å²) >= 11 is 0. The molecule has 3 N–H and O–H groups in total. The lowest BCUT2D eigenvalue weighted by Gasteiger charge is -2.63. The van der Waals surface area contributed by atoms with Gasteiger partial charge in [0.1, 0.15) is 6.10 Å². The molecule has 1 unspecified atom stereocenters. The molecule has 0 aromatic heterocycles. The predicted octanol–water partition coefficient (Wildman–Crippen LogP) is 5.98. The Morgan fingerprint density at radius 1 is 0.946 bits per heavy atom. The first kappa shape index (κ1) is 29.3. The van der Waals surface area contributed by atoms with Crippen molar-refractivity contribution in [1.82, 2.24) is 0 Å². The number of fused-ring (bicyclic) bond motifs is 5. The Bertz CT molecular complexity index is 818. The molecule has 214 valence electrons. The highest BCUT2D eigenvalue weighted by molar-refractivity contribution is 5.75. The molecule has 4 fully saturated rings. The predicted molar refractivity (Wildman–Crippen MR) is 147 cm³/mol. The first-order valence-corrected chi connectivity index (χ1v) is 15.4. The third kappa shape index (κ3) is 5.15. The Morgan fingerprint density at radius 2 is 1.62 bits per heavy atom. The van der Waals surface area contributed by atoms with E-state index in [4.69, 9.17) is 4.74 Å². The van der Waals surface area contributed by atoms with Crippen LogP contribution >= 0.6 is 0 Å². The zero-order chi connectivity index (χ0) is 27.5. The Balaban J connectivity index is 1.48. The fourth-order valence-electron chi connectivity index (χ4n) is 9.60. The van der Waals surface area contributed by atoms with Crippen molar-refractivity contribution in [2.75, 3.05) is 0 Å². The molecule has 0 radical (unpaired) electrons. The monoisotopic (exact) mass is 520 g/mol. The molecule has 0 bridgehead atoms. The summed E-state index contributed by atoms with van der Waals surface area (Å²) in [6.45, 7) is 17.0. The third-order valence-corrected chi connectivity index (χ3v) is 12.0. The van der Waals surface area contributed by atoms with Crippen LogP contribution in [0.15, 0.2) is 0 Å². The van der Waals surface area contributed by atoms with Crippen LogP contribution in [0.3, 0.4) is 0 Å². The van der Waals surface area contributed by atoms with Crippen LogP contribution < -0.4 is 0 Å². The van der Waals surface area contributed by atoms with E-state index in [9.17, 15) is 20.1 Å². The average Bonchev–Trinajstić information content (AvgIpc) is 3.15. The maximum absolute atomic E-state index is 12.6. The Labute approximate surface area is 226 Å². The van der Waals surface area contributed by atoms with E-state index in [1.807, 2.05) is 20.8 Å². The number of hydrogen-bond donors (Lipinski definition) is 3. The number of ether oxygens (including phenoxy) is 1. The van der Waals surface area contributed by atoms with Gasteiger partial charge in [0.25, 0.3) is 0 Å². The number of esters is 1. The summed E-state index contributed by atoms with van der Waals surface area (Å²) in [5.41, 5.74) is -0.578. The van der Waals surface area contributed by atoms with Crippen LogP contribution in [0.5, 0.6) is 0 Å². The third-order valence-electron chi connectivity index (χ3n) is 12.0. The van der Waals surface area contributed by atoms with Crippen molar-refractivity contribution in [3.8, 4) is 0 Å². The molecular formula is C32H56O5. The van der Waals surface area contributed by atoms with Crippen LogP contribution in [0.25, 0.3) is 0 Å². The lowest BCUT2D eigenvalue weighted by molar-refractivity contribution is -0.207. The van der Waals surface area contributed by atoms with Crippen molar-refractivity contribution >= 4 is 5.97 Å². The minimum absolute atomic E-state index is 0.0847. The maximum atomic E-state index is 12.6. The van der Waals surface area contributed by atoms with Gasteiger partial charge in [0.2, 0.25) is 0 Å². The van der Waals surface area contributed by atoms with Gasteiger partial charge in [-0.2, -0.15) is 0 Å². The van der Waals surface area contributed by atoms with Crippen LogP contribution in [-0.2, 0) is 9.53 Å². The van der Waals surface area contributed by atoms with Crippen LogP contribution in [0.4, 0.5) is 0 Å². The van der Waals surface area contributed by atoms with E-state index in [1.165, 1.54) is 0 Å². The quantitative estimate of drug-likeness (QED) is 0.375. The second kappa shape index (κ2) is 10.4. The Kier molecular flexibility index (Phi) is 8.24. The molecule has 4 rings (SSSR count). The fourth-order valence-corrected chi connectivity index (χ4v) is 9.60. The van der Waals surface area contributed by atoms with Crippen molar-refractivity contribution < 1.29 is 24.9 Å². The molecule has 12 atom stereocenters. The molecule has 0 aromatic rings. The van der Waals surface area contributed by atoms with E-state index in [0.29, 0.717) is 29.6 Å². The van der Waals surface area contributed by atoms with Crippen LogP contribution in [0.2, 0.25) is 0 Å². The van der Waals surface area contributed by atoms with Gasteiger partial charge in [0, 0.05) is 0 Å². The lowest BCUT2D eigenvalue weighted by atomic mass is 9.43. The number of hydrogen-bond acceptors (Lipinski definition) is 5. The Hall–Kier alpha value is -0.650. The number of rotatable bonds is 6. The highest BCUT2D eigenvalue weighted by Crippen LogP contribution is 2.68. The molecule has 5 nitrogen and oxygen atoms in total. The fraction of sp³-hybridized carbons (Fsp3) is 0.969. The van der Waals surface area contributed by atoms with Gasteiger partial charge < -0.3 is 20.1 Å². The first-order chi connectivity index (χ1) is 17.1. The smallest absolute Gasteiger partial charge is 0.311 e. The molecule has 0 amide bonds. The van der Waals surface area contributed by atoms with Crippen molar-refractivity contribution in [2.24, 2.45) is 57.7 Å². The number of aliphatic hydroxyl groups excluding tert-OH is 3. The van der Waals surface area contributed by atoms with Gasteiger partial charge in [-0.05, 0) is 131 Å². The molecule has 0 aliphatic heterocycles. The molecule has 0 heterocycles. The molecular weight excluding hydrogens is 464 g/mol. The molecule has 37 heavy (non-hydrogen) atoms. The standard InChI is InChI=1S/C32H56O5/c1-18(2)26(37-29(36)30(4,5)6)12-9-19(3)22-10-11-23-28-24(17-27(35)32(22,23)8)31(7)14-13-21(33)15-20(31)16-25(28)34/h18-28,33-35H,9-17H2,1-8H3/t19-,20+,21-,22-,23+,24+,25-,26?,27+,28+,31+,32-/m1/s1. The summed E-state index contributed by atoms with van der Waals surface area (Å²) in [4.78, 5) is 12.6. The summed E-state index contributed by atoms with van der Waals surface area (Å²) in [6.07, 6.45) is 7.22. The second-order valence-corrected chi connectivity index (χ2v) is 15.5. The van der Waals surface area contributed by atoms with E-state index < -0.39 is 5.41 Å². The number of carbonyl (C=O) groups excluding carboxylic acids is 1. The van der Waals surface area contributed by atoms with Gasteiger partial charge in [0.05, 0.1) is 23.7 Å². The van der Waals surface area contributed by atoms with Gasteiger partial charge >= 0.3 is 5.97 Å². The van der Waals surface area contributed by atoms with E-state index in [2.05, 4.69) is 34.6 Å². The van der Waals surface area contributed by atoms with Gasteiger partial charge in [-0.1, -0.05) is 34.6 Å². The van der Waals surface area contributed by atoms with E-state index in [1.54, 1.807) is 0 Å². The van der Waals surface area contributed by atoms with Crippen molar-refractivity contribution in [3.05, 3.63) is 0 Å². The van der Waals surface area contributed by atoms with Crippen molar-refractivity contribution in [1.29, 1.82) is 0 Å².